The van der Waals surface area contributed by atoms with Crippen LogP contribution < -0.4 is 11.1 Å². The molecule has 0 aromatic carbocycles. The first kappa shape index (κ1) is 6.92. The quantitative estimate of drug-likeness (QED) is 0.435. The number of hydrogen-bond acceptors (Lipinski definition) is 1. The maximum atomic E-state index is 5.57. The summed E-state index contributed by atoms with van der Waals surface area (Å²) in [5.74, 6) is 0. The lowest BCUT2D eigenvalue weighted by Crippen LogP contribution is -2.82. The largest absolute Gasteiger partial charge is 0.477 e. The van der Waals surface area contributed by atoms with Crippen LogP contribution in [0.2, 0.25) is 0 Å². The third-order valence-electron chi connectivity index (χ3n) is 0.670. The highest BCUT2D eigenvalue weighted by atomic mass is 14.9. The summed E-state index contributed by atoms with van der Waals surface area (Å²) in [6.07, 6.45) is 0. The molecular weight excluding hydrogens is 88.1 g/mol. The van der Waals surface area contributed by atoms with Gasteiger partial charge in [0.2, 0.25) is 0 Å². The van der Waals surface area contributed by atoms with Gasteiger partial charge in [0.15, 0.2) is 0 Å². The summed E-state index contributed by atoms with van der Waals surface area (Å²) in [6, 6.07) is 0. The molecule has 0 heterocycles. The van der Waals surface area contributed by atoms with Crippen LogP contribution in [-0.2, 0) is 0 Å². The lowest BCUT2D eigenvalue weighted by molar-refractivity contribution is -0.601. The molecule has 0 radical (unpaired) electrons. The highest BCUT2D eigenvalue weighted by molar-refractivity contribution is 4.67. The second-order valence-electron chi connectivity index (χ2n) is 2.48. The van der Waals surface area contributed by atoms with Crippen molar-refractivity contribution in [3.63, 3.8) is 0 Å². The van der Waals surface area contributed by atoms with Crippen molar-refractivity contribution in [1.29, 1.82) is 0 Å². The van der Waals surface area contributed by atoms with Crippen molar-refractivity contribution in [1.82, 2.24) is 0 Å². The fraction of sp³-hybridized carbons (Fsp3) is 0.800. The van der Waals surface area contributed by atoms with Crippen molar-refractivity contribution in [2.24, 2.45) is 5.73 Å². The normalized spacial score (nSPS) is 12.0. The predicted octanol–water partition coefficient (Wildman–Crippen LogP) is -0.921. The van der Waals surface area contributed by atoms with Gasteiger partial charge in [0.25, 0.3) is 0 Å². The van der Waals surface area contributed by atoms with E-state index in [0.717, 1.165) is 6.54 Å². The zero-order valence-corrected chi connectivity index (χ0v) is 5.07. The van der Waals surface area contributed by atoms with Gasteiger partial charge in [-0.3, -0.25) is 0 Å². The van der Waals surface area contributed by atoms with Crippen LogP contribution in [0.25, 0.3) is 0 Å². The number of rotatable bonds is 2. The first-order chi connectivity index (χ1) is 3.06. The second kappa shape index (κ2) is 2.28. The standard InChI is InChI=1S/C5H14N2/c1-5(2,6)4-7-3/h3-4,6-7H2,1-2H3. The van der Waals surface area contributed by atoms with E-state index in [2.05, 4.69) is 7.05 Å². The molecule has 7 heavy (non-hydrogen) atoms. The van der Waals surface area contributed by atoms with Gasteiger partial charge < -0.3 is 11.1 Å². The number of hydrogen-bond donors (Lipinski definition) is 2. The van der Waals surface area contributed by atoms with Crippen molar-refractivity contribution < 1.29 is 5.32 Å². The molecule has 4 N–H and O–H groups in total. The third-order valence-corrected chi connectivity index (χ3v) is 0.670. The predicted molar refractivity (Wildman–Crippen MR) is 30.4 cm³/mol. The van der Waals surface area contributed by atoms with E-state index in [1.165, 1.54) is 0 Å². The molecule has 0 aromatic rings. The molecule has 0 saturated heterocycles. The summed E-state index contributed by atoms with van der Waals surface area (Å²) in [7, 11) is 3.57. The van der Waals surface area contributed by atoms with Crippen LogP contribution in [-0.4, -0.2) is 12.1 Å². The SMILES string of the molecule is [CH2-][NH2+]CC(C)(C)N. The van der Waals surface area contributed by atoms with Gasteiger partial charge in [-0.2, -0.15) is 7.05 Å². The Labute approximate surface area is 45.1 Å². The van der Waals surface area contributed by atoms with Crippen molar-refractivity contribution in [2.75, 3.05) is 6.54 Å². The molecule has 2 heteroatoms. The van der Waals surface area contributed by atoms with Gasteiger partial charge in [-0.05, 0) is 13.8 Å². The Hall–Kier alpha value is -0.0800. The molecule has 44 valence electrons. The van der Waals surface area contributed by atoms with E-state index >= 15 is 0 Å². The average molecular weight is 102 g/mol. The van der Waals surface area contributed by atoms with Crippen LogP contribution in [0.4, 0.5) is 0 Å². The molecule has 0 bridgehead atoms. The molecule has 0 aliphatic carbocycles. The first-order valence-electron chi connectivity index (χ1n) is 2.46. The molecule has 0 spiro atoms. The molecule has 2 nitrogen and oxygen atoms in total. The lowest BCUT2D eigenvalue weighted by Gasteiger charge is -2.16. The Morgan fingerprint density at radius 1 is 1.71 bits per heavy atom. The monoisotopic (exact) mass is 102 g/mol. The second-order valence-corrected chi connectivity index (χ2v) is 2.48. The van der Waals surface area contributed by atoms with Crippen molar-refractivity contribution >= 4 is 0 Å². The number of nitrogens with two attached hydrogens (primary N) is 2. The molecule has 0 atom stereocenters. The summed E-state index contributed by atoms with van der Waals surface area (Å²) in [4.78, 5) is 0. The van der Waals surface area contributed by atoms with Gasteiger partial charge in [-0.1, -0.05) is 0 Å². The smallest absolute Gasteiger partial charge is 0.0693 e. The molecule has 0 aliphatic heterocycles. The fourth-order valence-corrected chi connectivity index (χ4v) is 0.372. The lowest BCUT2D eigenvalue weighted by atomic mass is 10.1. The highest BCUT2D eigenvalue weighted by Crippen LogP contribution is 1.87. The maximum absolute atomic E-state index is 5.57. The van der Waals surface area contributed by atoms with Crippen LogP contribution in [0, 0.1) is 7.05 Å². The van der Waals surface area contributed by atoms with Crippen molar-refractivity contribution in [3.8, 4) is 0 Å². The van der Waals surface area contributed by atoms with Crippen LogP contribution in [0.1, 0.15) is 13.8 Å². The van der Waals surface area contributed by atoms with E-state index in [0.29, 0.717) is 0 Å². The van der Waals surface area contributed by atoms with E-state index in [-0.39, 0.29) is 5.54 Å². The minimum atomic E-state index is -0.0677. The average Bonchev–Trinajstić information content (AvgIpc) is 1.30. The van der Waals surface area contributed by atoms with Crippen LogP contribution in [0.3, 0.4) is 0 Å². The van der Waals surface area contributed by atoms with Crippen molar-refractivity contribution in [2.45, 2.75) is 19.4 Å². The topological polar surface area (TPSA) is 42.6 Å². The van der Waals surface area contributed by atoms with Gasteiger partial charge in [-0.25, -0.2) is 0 Å². The van der Waals surface area contributed by atoms with E-state index in [4.69, 9.17) is 5.73 Å². The highest BCUT2D eigenvalue weighted by Gasteiger charge is 2.08. The van der Waals surface area contributed by atoms with Crippen LogP contribution in [0.15, 0.2) is 0 Å². The van der Waals surface area contributed by atoms with Crippen LogP contribution in [0.5, 0.6) is 0 Å². The van der Waals surface area contributed by atoms with Gasteiger partial charge >= 0.3 is 0 Å². The minimum Gasteiger partial charge on any atom is -0.477 e. The Kier molecular flexibility index (Phi) is 2.26. The Bertz CT molecular complexity index is 44.5. The molecule has 0 aromatic heterocycles. The summed E-state index contributed by atoms with van der Waals surface area (Å²) in [6.45, 7) is 4.84. The molecule has 0 rings (SSSR count). The molecule has 0 fully saturated rings. The Morgan fingerprint density at radius 2 is 2.14 bits per heavy atom. The van der Waals surface area contributed by atoms with Crippen molar-refractivity contribution in [3.05, 3.63) is 7.05 Å². The molecule has 0 unspecified atom stereocenters. The molecule has 0 saturated carbocycles. The summed E-state index contributed by atoms with van der Waals surface area (Å²) in [5, 5.41) is 1.83. The fourth-order valence-electron chi connectivity index (χ4n) is 0.372. The Balaban J connectivity index is 3.15. The van der Waals surface area contributed by atoms with Gasteiger partial charge in [-0.15, -0.1) is 0 Å². The molecule has 0 aliphatic rings. The van der Waals surface area contributed by atoms with E-state index in [9.17, 15) is 0 Å². The molecular formula is C5H14N2. The van der Waals surface area contributed by atoms with Gasteiger partial charge in [0.05, 0.1) is 12.1 Å². The third kappa shape index (κ3) is 5.92. The minimum absolute atomic E-state index is 0.0677. The van der Waals surface area contributed by atoms with Gasteiger partial charge in [0.1, 0.15) is 0 Å². The molecule has 0 amide bonds. The van der Waals surface area contributed by atoms with E-state index in [1.807, 2.05) is 19.2 Å². The first-order valence-corrected chi connectivity index (χ1v) is 2.46. The number of quaternary nitrogens is 1. The Morgan fingerprint density at radius 3 is 2.14 bits per heavy atom. The zero-order chi connectivity index (χ0) is 5.91. The van der Waals surface area contributed by atoms with Gasteiger partial charge in [0, 0.05) is 0 Å². The maximum Gasteiger partial charge on any atom is 0.0693 e. The summed E-state index contributed by atoms with van der Waals surface area (Å²) < 4.78 is 0. The summed E-state index contributed by atoms with van der Waals surface area (Å²) >= 11 is 0. The summed E-state index contributed by atoms with van der Waals surface area (Å²) in [5.41, 5.74) is 5.51. The van der Waals surface area contributed by atoms with E-state index < -0.39 is 0 Å². The van der Waals surface area contributed by atoms with Crippen LogP contribution >= 0.6 is 0 Å². The zero-order valence-electron chi connectivity index (χ0n) is 5.07. The van der Waals surface area contributed by atoms with E-state index in [1.54, 1.807) is 0 Å².